The van der Waals surface area contributed by atoms with Gasteiger partial charge >= 0.3 is 0 Å². The van der Waals surface area contributed by atoms with E-state index in [-0.39, 0.29) is 24.2 Å². The molecule has 0 bridgehead atoms. The zero-order valence-corrected chi connectivity index (χ0v) is 20.6. The van der Waals surface area contributed by atoms with Gasteiger partial charge in [-0.2, -0.15) is 0 Å². The average molecular weight is 481 g/mol. The van der Waals surface area contributed by atoms with Crippen LogP contribution in [0.1, 0.15) is 44.9 Å². The predicted molar refractivity (Wildman–Crippen MR) is 132 cm³/mol. The molecule has 0 aromatic heterocycles. The SMILES string of the molecule is CCN(CC)CCN1C(=O)C(=O)C(=C(O)c2ccc(OC(C)C)cc2)C1c1ccc2c(c1)OCO2. The van der Waals surface area contributed by atoms with Crippen molar-refractivity contribution in [2.45, 2.75) is 39.8 Å². The highest BCUT2D eigenvalue weighted by atomic mass is 16.7. The van der Waals surface area contributed by atoms with Crippen LogP contribution in [0.2, 0.25) is 0 Å². The van der Waals surface area contributed by atoms with Gasteiger partial charge < -0.3 is 29.1 Å². The number of likely N-dealkylation sites (tertiary alicyclic amines) is 1. The molecule has 2 aliphatic heterocycles. The second-order valence-corrected chi connectivity index (χ2v) is 8.82. The number of likely N-dealkylation sites (N-methyl/N-ethyl adjacent to an activating group) is 1. The van der Waals surface area contributed by atoms with Crippen LogP contribution in [0.25, 0.3) is 5.76 Å². The van der Waals surface area contributed by atoms with Crippen LogP contribution >= 0.6 is 0 Å². The van der Waals surface area contributed by atoms with Crippen LogP contribution in [0.5, 0.6) is 17.2 Å². The average Bonchev–Trinajstić information content (AvgIpc) is 3.41. The van der Waals surface area contributed by atoms with Crippen molar-refractivity contribution in [1.82, 2.24) is 9.80 Å². The molecule has 1 saturated heterocycles. The Morgan fingerprint density at radius 2 is 1.77 bits per heavy atom. The maximum absolute atomic E-state index is 13.2. The van der Waals surface area contributed by atoms with E-state index in [0.717, 1.165) is 13.1 Å². The number of hydrogen-bond donors (Lipinski definition) is 1. The summed E-state index contributed by atoms with van der Waals surface area (Å²) in [6.07, 6.45) is 0.0107. The molecule has 4 rings (SSSR count). The smallest absolute Gasteiger partial charge is 0.295 e. The minimum Gasteiger partial charge on any atom is -0.507 e. The molecule has 0 saturated carbocycles. The third-order valence-corrected chi connectivity index (χ3v) is 6.30. The van der Waals surface area contributed by atoms with Crippen molar-refractivity contribution in [2.24, 2.45) is 0 Å². The zero-order chi connectivity index (χ0) is 25.1. The Bertz CT molecular complexity index is 1120. The lowest BCUT2D eigenvalue weighted by Gasteiger charge is -2.28. The Kier molecular flexibility index (Phi) is 7.31. The highest BCUT2D eigenvalue weighted by molar-refractivity contribution is 6.46. The van der Waals surface area contributed by atoms with Crippen LogP contribution in [0.15, 0.2) is 48.0 Å². The Morgan fingerprint density at radius 3 is 2.43 bits per heavy atom. The molecule has 8 nitrogen and oxygen atoms in total. The Morgan fingerprint density at radius 1 is 1.09 bits per heavy atom. The van der Waals surface area contributed by atoms with Crippen LogP contribution in [-0.4, -0.2) is 65.7 Å². The number of carbonyl (C=O) groups excluding carboxylic acids is 2. The van der Waals surface area contributed by atoms with E-state index in [1.54, 1.807) is 47.4 Å². The van der Waals surface area contributed by atoms with Gasteiger partial charge in [-0.05, 0) is 68.9 Å². The number of aliphatic hydroxyl groups is 1. The van der Waals surface area contributed by atoms with E-state index in [1.807, 2.05) is 13.8 Å². The third-order valence-electron chi connectivity index (χ3n) is 6.30. The summed E-state index contributed by atoms with van der Waals surface area (Å²) in [5, 5.41) is 11.3. The van der Waals surface area contributed by atoms with Gasteiger partial charge in [0.05, 0.1) is 17.7 Å². The fraction of sp³-hybridized carbons (Fsp3) is 0.407. The van der Waals surface area contributed by atoms with Crippen LogP contribution in [0.4, 0.5) is 0 Å². The van der Waals surface area contributed by atoms with Crippen molar-refractivity contribution in [2.75, 3.05) is 33.0 Å². The van der Waals surface area contributed by atoms with Gasteiger partial charge in [-0.3, -0.25) is 9.59 Å². The monoisotopic (exact) mass is 480 g/mol. The molecule has 0 aliphatic carbocycles. The number of carbonyl (C=O) groups is 2. The van der Waals surface area contributed by atoms with Gasteiger partial charge in [0.15, 0.2) is 11.5 Å². The number of Topliss-reactive ketones (excluding diaryl/α,β-unsaturated/α-hetero) is 1. The van der Waals surface area contributed by atoms with E-state index >= 15 is 0 Å². The first-order chi connectivity index (χ1) is 16.8. The van der Waals surface area contributed by atoms with Gasteiger partial charge in [0.1, 0.15) is 11.5 Å². The second-order valence-electron chi connectivity index (χ2n) is 8.82. The highest BCUT2D eigenvalue weighted by Crippen LogP contribution is 2.43. The summed E-state index contributed by atoms with van der Waals surface area (Å²) in [4.78, 5) is 30.1. The van der Waals surface area contributed by atoms with Crippen LogP contribution < -0.4 is 14.2 Å². The minimum absolute atomic E-state index is 0.0107. The number of hydrogen-bond acceptors (Lipinski definition) is 7. The molecule has 2 aromatic carbocycles. The number of aliphatic hydroxyl groups excluding tert-OH is 1. The maximum atomic E-state index is 13.2. The van der Waals surface area contributed by atoms with Crippen molar-refractivity contribution in [3.63, 3.8) is 0 Å². The number of amides is 1. The summed E-state index contributed by atoms with van der Waals surface area (Å²) >= 11 is 0. The fourth-order valence-electron chi connectivity index (χ4n) is 4.45. The molecule has 186 valence electrons. The van der Waals surface area contributed by atoms with Crippen LogP contribution in [0.3, 0.4) is 0 Å². The Balaban J connectivity index is 1.76. The van der Waals surface area contributed by atoms with Crippen LogP contribution in [0, 0.1) is 0 Å². The number of benzene rings is 2. The van der Waals surface area contributed by atoms with Crippen molar-refractivity contribution >= 4 is 17.4 Å². The molecule has 1 fully saturated rings. The summed E-state index contributed by atoms with van der Waals surface area (Å²) in [5.74, 6) is 0.269. The molecule has 1 amide bonds. The molecule has 1 N–H and O–H groups in total. The number of fused-ring (bicyclic) bond motifs is 1. The summed E-state index contributed by atoms with van der Waals surface area (Å²) in [6, 6.07) is 11.5. The van der Waals surface area contributed by atoms with E-state index in [4.69, 9.17) is 14.2 Å². The number of nitrogens with zero attached hydrogens (tertiary/aromatic N) is 2. The largest absolute Gasteiger partial charge is 0.507 e. The number of ether oxygens (including phenoxy) is 3. The molecular weight excluding hydrogens is 448 g/mol. The second kappa shape index (κ2) is 10.4. The fourth-order valence-corrected chi connectivity index (χ4v) is 4.45. The molecule has 35 heavy (non-hydrogen) atoms. The normalized spacial score (nSPS) is 18.7. The molecule has 0 spiro atoms. The first-order valence-corrected chi connectivity index (χ1v) is 12.0. The molecule has 2 aromatic rings. The lowest BCUT2D eigenvalue weighted by molar-refractivity contribution is -0.140. The summed E-state index contributed by atoms with van der Waals surface area (Å²) in [5.41, 5.74) is 1.17. The van der Waals surface area contributed by atoms with Gasteiger partial charge in [-0.15, -0.1) is 0 Å². The van der Waals surface area contributed by atoms with E-state index in [9.17, 15) is 14.7 Å². The van der Waals surface area contributed by atoms with E-state index < -0.39 is 17.7 Å². The molecule has 0 radical (unpaired) electrons. The standard InChI is InChI=1S/C27H32N2O6/c1-5-28(6-2)13-14-29-24(19-9-12-21-22(15-19)34-16-33-21)23(26(31)27(29)32)25(30)18-7-10-20(11-8-18)35-17(3)4/h7-12,15,17,24,30H,5-6,13-14,16H2,1-4H3. The maximum Gasteiger partial charge on any atom is 0.295 e. The lowest BCUT2D eigenvalue weighted by Crippen LogP contribution is -2.38. The molecule has 8 heteroatoms. The van der Waals surface area contributed by atoms with Crippen molar-refractivity contribution in [3.8, 4) is 17.2 Å². The van der Waals surface area contributed by atoms with Gasteiger partial charge in [-0.1, -0.05) is 19.9 Å². The van der Waals surface area contributed by atoms with Gasteiger partial charge in [0, 0.05) is 18.7 Å². The Hall–Kier alpha value is -3.52. The van der Waals surface area contributed by atoms with E-state index in [0.29, 0.717) is 41.5 Å². The van der Waals surface area contributed by atoms with Crippen LogP contribution in [-0.2, 0) is 9.59 Å². The lowest BCUT2D eigenvalue weighted by atomic mass is 9.95. The minimum atomic E-state index is -0.744. The summed E-state index contributed by atoms with van der Waals surface area (Å²) in [6.45, 7) is 10.7. The van der Waals surface area contributed by atoms with Gasteiger partial charge in [0.2, 0.25) is 6.79 Å². The van der Waals surface area contributed by atoms with Crippen molar-refractivity contribution < 1.29 is 28.9 Å². The first-order valence-electron chi connectivity index (χ1n) is 12.0. The predicted octanol–water partition coefficient (Wildman–Crippen LogP) is 3.97. The Labute approximate surface area is 205 Å². The highest BCUT2D eigenvalue weighted by Gasteiger charge is 2.46. The zero-order valence-electron chi connectivity index (χ0n) is 20.6. The third kappa shape index (κ3) is 4.98. The van der Waals surface area contributed by atoms with Gasteiger partial charge in [-0.25, -0.2) is 0 Å². The number of ketones is 1. The summed E-state index contributed by atoms with van der Waals surface area (Å²) in [7, 11) is 0. The molecule has 1 unspecified atom stereocenters. The number of rotatable bonds is 9. The quantitative estimate of drug-likeness (QED) is 0.330. The van der Waals surface area contributed by atoms with Gasteiger partial charge in [0.25, 0.3) is 11.7 Å². The topological polar surface area (TPSA) is 88.5 Å². The molecule has 2 aliphatic rings. The molecule has 1 atom stereocenters. The van der Waals surface area contributed by atoms with E-state index in [2.05, 4.69) is 18.7 Å². The van der Waals surface area contributed by atoms with Crippen molar-refractivity contribution in [1.29, 1.82) is 0 Å². The molecular formula is C27H32N2O6. The molecule has 2 heterocycles. The summed E-state index contributed by atoms with van der Waals surface area (Å²) < 4.78 is 16.6. The van der Waals surface area contributed by atoms with Crippen molar-refractivity contribution in [3.05, 3.63) is 59.2 Å². The van der Waals surface area contributed by atoms with E-state index in [1.165, 1.54) is 0 Å². The first kappa shape index (κ1) is 24.6.